The Morgan fingerprint density at radius 1 is 1.29 bits per heavy atom. The van der Waals surface area contributed by atoms with Crippen molar-refractivity contribution in [2.24, 2.45) is 0 Å². The summed E-state index contributed by atoms with van der Waals surface area (Å²) in [7, 11) is 1.70. The predicted molar refractivity (Wildman–Crippen MR) is 80.4 cm³/mol. The van der Waals surface area contributed by atoms with Crippen molar-refractivity contribution in [3.8, 4) is 5.75 Å². The van der Waals surface area contributed by atoms with Gasteiger partial charge in [0.1, 0.15) is 5.75 Å². The third-order valence-electron chi connectivity index (χ3n) is 2.47. The fourth-order valence-electron chi connectivity index (χ4n) is 1.53. The van der Waals surface area contributed by atoms with Crippen LogP contribution in [0.5, 0.6) is 5.75 Å². The van der Waals surface area contributed by atoms with Crippen molar-refractivity contribution in [1.82, 2.24) is 0 Å². The Kier molecular flexibility index (Phi) is 4.65. The maximum atomic E-state index is 5.19. The summed E-state index contributed by atoms with van der Waals surface area (Å²) >= 11 is 8.89. The number of ether oxygens (including phenoxy) is 1. The molecule has 1 unspecified atom stereocenters. The molecular formula is C13H12Br2OS. The molecule has 0 bridgehead atoms. The van der Waals surface area contributed by atoms with Gasteiger partial charge in [0.15, 0.2) is 0 Å². The first-order valence-electron chi connectivity index (χ1n) is 5.20. The average Bonchev–Trinajstić information content (AvgIpc) is 2.81. The van der Waals surface area contributed by atoms with Crippen LogP contribution in [0, 0.1) is 0 Å². The van der Waals surface area contributed by atoms with Crippen molar-refractivity contribution in [3.63, 3.8) is 0 Å². The van der Waals surface area contributed by atoms with E-state index in [-0.39, 0.29) is 0 Å². The standard InChI is InChI=1S/C13H12Br2OS/c1-16-11-7-13(17-8-11)12(15)6-9-2-4-10(14)5-3-9/h2-5,7-8,12H,6H2,1H3. The molecule has 0 aliphatic rings. The van der Waals surface area contributed by atoms with Gasteiger partial charge in [-0.2, -0.15) is 0 Å². The summed E-state index contributed by atoms with van der Waals surface area (Å²) in [4.78, 5) is 1.64. The second-order valence-corrected chi connectivity index (χ2v) is 6.65. The molecule has 0 aliphatic carbocycles. The number of halogens is 2. The summed E-state index contributed by atoms with van der Waals surface area (Å²) in [5, 5.41) is 2.03. The van der Waals surface area contributed by atoms with Gasteiger partial charge in [0.2, 0.25) is 0 Å². The summed E-state index contributed by atoms with van der Waals surface area (Å²) in [6, 6.07) is 10.5. The lowest BCUT2D eigenvalue weighted by molar-refractivity contribution is 0.416. The molecule has 1 aromatic carbocycles. The number of methoxy groups -OCH3 is 1. The number of alkyl halides is 1. The molecular weight excluding hydrogens is 364 g/mol. The third-order valence-corrected chi connectivity index (χ3v) is 5.14. The molecule has 0 fully saturated rings. The van der Waals surface area contributed by atoms with Crippen molar-refractivity contribution in [2.45, 2.75) is 11.2 Å². The minimum absolute atomic E-state index is 0.345. The SMILES string of the molecule is COc1csc(C(Br)Cc2ccc(Br)cc2)c1. The van der Waals surface area contributed by atoms with Crippen LogP contribution in [-0.4, -0.2) is 7.11 Å². The van der Waals surface area contributed by atoms with Gasteiger partial charge in [-0.3, -0.25) is 0 Å². The summed E-state index contributed by atoms with van der Waals surface area (Å²) in [5.74, 6) is 0.935. The highest BCUT2D eigenvalue weighted by molar-refractivity contribution is 9.10. The highest BCUT2D eigenvalue weighted by atomic mass is 79.9. The largest absolute Gasteiger partial charge is 0.496 e. The van der Waals surface area contributed by atoms with Crippen LogP contribution in [0.4, 0.5) is 0 Å². The first kappa shape index (κ1) is 13.1. The predicted octanol–water partition coefficient (Wildman–Crippen LogP) is 5.20. The van der Waals surface area contributed by atoms with Crippen molar-refractivity contribution in [1.29, 1.82) is 0 Å². The van der Waals surface area contributed by atoms with E-state index in [0.717, 1.165) is 16.6 Å². The van der Waals surface area contributed by atoms with Crippen molar-refractivity contribution in [3.05, 3.63) is 50.6 Å². The minimum atomic E-state index is 0.345. The Bertz CT molecular complexity index is 478. The van der Waals surface area contributed by atoms with Crippen molar-refractivity contribution >= 4 is 43.2 Å². The zero-order chi connectivity index (χ0) is 12.3. The Morgan fingerprint density at radius 3 is 2.59 bits per heavy atom. The molecule has 17 heavy (non-hydrogen) atoms. The average molecular weight is 376 g/mol. The van der Waals surface area contributed by atoms with E-state index in [2.05, 4.69) is 62.2 Å². The highest BCUT2D eigenvalue weighted by Gasteiger charge is 2.11. The third kappa shape index (κ3) is 3.57. The number of rotatable bonds is 4. The van der Waals surface area contributed by atoms with Crippen LogP contribution in [0.3, 0.4) is 0 Å². The number of benzene rings is 1. The fraction of sp³-hybridized carbons (Fsp3) is 0.231. The van der Waals surface area contributed by atoms with E-state index >= 15 is 0 Å². The van der Waals surface area contributed by atoms with E-state index in [1.54, 1.807) is 18.4 Å². The van der Waals surface area contributed by atoms with Gasteiger partial charge in [-0.15, -0.1) is 11.3 Å². The van der Waals surface area contributed by atoms with Crippen LogP contribution in [-0.2, 0) is 6.42 Å². The van der Waals surface area contributed by atoms with Crippen molar-refractivity contribution < 1.29 is 4.74 Å². The maximum absolute atomic E-state index is 5.19. The van der Waals surface area contributed by atoms with Crippen LogP contribution >= 0.6 is 43.2 Å². The van der Waals surface area contributed by atoms with E-state index in [1.165, 1.54) is 10.4 Å². The first-order valence-corrected chi connectivity index (χ1v) is 7.79. The van der Waals surface area contributed by atoms with Crippen LogP contribution in [0.2, 0.25) is 0 Å². The first-order chi connectivity index (χ1) is 8.19. The van der Waals surface area contributed by atoms with E-state index in [0.29, 0.717) is 4.83 Å². The van der Waals surface area contributed by atoms with Gasteiger partial charge >= 0.3 is 0 Å². The summed E-state index contributed by atoms with van der Waals surface area (Å²) in [6.07, 6.45) is 0.983. The lowest BCUT2D eigenvalue weighted by Crippen LogP contribution is -1.92. The van der Waals surface area contributed by atoms with Gasteiger partial charge in [-0.1, -0.05) is 44.0 Å². The highest BCUT2D eigenvalue weighted by Crippen LogP contribution is 2.34. The zero-order valence-electron chi connectivity index (χ0n) is 9.32. The van der Waals surface area contributed by atoms with Crippen LogP contribution in [0.1, 0.15) is 15.3 Å². The second-order valence-electron chi connectivity index (χ2n) is 3.69. The summed E-state index contributed by atoms with van der Waals surface area (Å²) < 4.78 is 6.31. The van der Waals surface area contributed by atoms with E-state index in [4.69, 9.17) is 4.74 Å². The molecule has 1 heterocycles. The molecule has 1 aromatic heterocycles. The molecule has 0 saturated carbocycles. The second kappa shape index (κ2) is 6.03. The van der Waals surface area contributed by atoms with Crippen LogP contribution in [0.25, 0.3) is 0 Å². The Labute approximate surface area is 122 Å². The van der Waals surface area contributed by atoms with Gasteiger partial charge < -0.3 is 4.74 Å². The van der Waals surface area contributed by atoms with Gasteiger partial charge in [0.05, 0.1) is 11.9 Å². The van der Waals surface area contributed by atoms with Gasteiger partial charge in [0, 0.05) is 14.7 Å². The van der Waals surface area contributed by atoms with Crippen LogP contribution < -0.4 is 4.74 Å². The molecule has 0 N–H and O–H groups in total. The smallest absolute Gasteiger partial charge is 0.129 e. The van der Waals surface area contributed by atoms with Gasteiger partial charge in [-0.25, -0.2) is 0 Å². The lowest BCUT2D eigenvalue weighted by Gasteiger charge is -2.07. The molecule has 90 valence electrons. The molecule has 1 nitrogen and oxygen atoms in total. The fourth-order valence-corrected chi connectivity index (χ4v) is 3.46. The molecule has 0 spiro atoms. The molecule has 0 amide bonds. The van der Waals surface area contributed by atoms with Gasteiger partial charge in [-0.05, 0) is 30.2 Å². The maximum Gasteiger partial charge on any atom is 0.129 e. The van der Waals surface area contributed by atoms with Crippen molar-refractivity contribution in [2.75, 3.05) is 7.11 Å². The van der Waals surface area contributed by atoms with Gasteiger partial charge in [0.25, 0.3) is 0 Å². The molecule has 2 rings (SSSR count). The summed E-state index contributed by atoms with van der Waals surface area (Å²) in [5.41, 5.74) is 1.32. The normalized spacial score (nSPS) is 12.4. The quantitative estimate of drug-likeness (QED) is 0.667. The van der Waals surface area contributed by atoms with E-state index in [1.807, 2.05) is 5.38 Å². The van der Waals surface area contributed by atoms with E-state index < -0.39 is 0 Å². The monoisotopic (exact) mass is 374 g/mol. The number of hydrogen-bond acceptors (Lipinski definition) is 2. The number of thiophene rings is 1. The molecule has 0 radical (unpaired) electrons. The molecule has 2 aromatic rings. The van der Waals surface area contributed by atoms with E-state index in [9.17, 15) is 0 Å². The lowest BCUT2D eigenvalue weighted by atomic mass is 10.1. The molecule has 4 heteroatoms. The molecule has 1 atom stereocenters. The van der Waals surface area contributed by atoms with Crippen LogP contribution in [0.15, 0.2) is 40.2 Å². The Balaban J connectivity index is 2.05. The topological polar surface area (TPSA) is 9.23 Å². The summed E-state index contributed by atoms with van der Waals surface area (Å²) in [6.45, 7) is 0. The molecule has 0 saturated heterocycles. The zero-order valence-corrected chi connectivity index (χ0v) is 13.3. The Morgan fingerprint density at radius 2 is 2.00 bits per heavy atom. The Hall–Kier alpha value is -0.320. The molecule has 0 aliphatic heterocycles. The minimum Gasteiger partial charge on any atom is -0.496 e. The number of hydrogen-bond donors (Lipinski definition) is 0.